The lowest BCUT2D eigenvalue weighted by atomic mass is 10.1. The van der Waals surface area contributed by atoms with E-state index in [1.165, 1.54) is 0 Å². The van der Waals surface area contributed by atoms with Gasteiger partial charge in [0.2, 0.25) is 0 Å². The molecule has 4 rings (SSSR count). The maximum absolute atomic E-state index is 12.8. The van der Waals surface area contributed by atoms with Crippen molar-refractivity contribution in [2.24, 2.45) is 0 Å². The van der Waals surface area contributed by atoms with Gasteiger partial charge in [0.15, 0.2) is 0 Å². The van der Waals surface area contributed by atoms with Gasteiger partial charge in [0, 0.05) is 28.7 Å². The van der Waals surface area contributed by atoms with Gasteiger partial charge in [-0.2, -0.15) is 0 Å². The minimum atomic E-state index is -0.382. The molecule has 1 N–H and O–H groups in total. The summed E-state index contributed by atoms with van der Waals surface area (Å²) < 4.78 is 5.55. The van der Waals surface area contributed by atoms with E-state index in [2.05, 4.69) is 9.97 Å². The molecule has 0 saturated carbocycles. The quantitative estimate of drug-likeness (QED) is 0.442. The average molecular weight is 389 g/mol. The Hall–Kier alpha value is -3.37. The Labute approximate surface area is 167 Å². The summed E-state index contributed by atoms with van der Waals surface area (Å²) in [6.07, 6.45) is 3.38. The lowest BCUT2D eigenvalue weighted by Crippen LogP contribution is -2.05. The number of pyridine rings is 1. The van der Waals surface area contributed by atoms with Crippen LogP contribution in [-0.2, 0) is 11.3 Å². The number of halogens is 1. The summed E-state index contributed by atoms with van der Waals surface area (Å²) in [5, 5.41) is 0.659. The Bertz CT molecular complexity index is 1070. The first kappa shape index (κ1) is 18.0. The molecule has 4 nitrogen and oxygen atoms in total. The van der Waals surface area contributed by atoms with E-state index < -0.39 is 0 Å². The van der Waals surface area contributed by atoms with Gasteiger partial charge < -0.3 is 9.72 Å². The molecule has 2 aromatic carbocycles. The number of hydrogen-bond acceptors (Lipinski definition) is 3. The summed E-state index contributed by atoms with van der Waals surface area (Å²) in [6.45, 7) is 0.219. The summed E-state index contributed by atoms with van der Waals surface area (Å²) >= 11 is 5.99. The van der Waals surface area contributed by atoms with Crippen molar-refractivity contribution in [2.45, 2.75) is 6.61 Å². The highest BCUT2D eigenvalue weighted by Gasteiger charge is 2.19. The van der Waals surface area contributed by atoms with Crippen LogP contribution in [0.1, 0.15) is 15.9 Å². The zero-order valence-electron chi connectivity index (χ0n) is 14.9. The van der Waals surface area contributed by atoms with Crippen molar-refractivity contribution in [3.05, 3.63) is 101 Å². The highest BCUT2D eigenvalue weighted by atomic mass is 35.5. The number of aromatic amines is 1. The van der Waals surface area contributed by atoms with Gasteiger partial charge in [0.1, 0.15) is 6.61 Å². The fraction of sp³-hybridized carbons (Fsp3) is 0.0435. The van der Waals surface area contributed by atoms with Gasteiger partial charge in [0.05, 0.1) is 11.3 Å². The van der Waals surface area contributed by atoms with Crippen LogP contribution in [0, 0.1) is 0 Å². The molecule has 5 heteroatoms. The molecule has 28 heavy (non-hydrogen) atoms. The molecule has 0 amide bonds. The molecule has 0 aliphatic heterocycles. The summed E-state index contributed by atoms with van der Waals surface area (Å²) in [5.41, 5.74) is 4.73. The fourth-order valence-corrected chi connectivity index (χ4v) is 3.07. The number of nitrogens with one attached hydrogen (secondary N) is 1. The number of nitrogens with zero attached hydrogens (tertiary/aromatic N) is 1. The number of esters is 1. The Kier molecular flexibility index (Phi) is 5.22. The lowest BCUT2D eigenvalue weighted by molar-refractivity contribution is 0.0474. The third kappa shape index (κ3) is 3.97. The Morgan fingerprint density at radius 2 is 1.64 bits per heavy atom. The van der Waals surface area contributed by atoms with Gasteiger partial charge in [-0.1, -0.05) is 54.1 Å². The molecule has 0 bridgehead atoms. The third-order valence-corrected chi connectivity index (χ3v) is 4.63. The number of H-pyrrole nitrogens is 1. The van der Waals surface area contributed by atoms with Crippen LogP contribution in [0.15, 0.2) is 85.2 Å². The van der Waals surface area contributed by atoms with Crippen LogP contribution in [-0.4, -0.2) is 15.9 Å². The molecule has 2 aromatic heterocycles. The molecule has 0 spiro atoms. The summed E-state index contributed by atoms with van der Waals surface area (Å²) in [6, 6.07) is 22.6. The SMILES string of the molecule is O=C(OCc1ccccc1)c1cc(-c2ccc(Cl)cc2)[nH]c1-c1ccncc1. The largest absolute Gasteiger partial charge is 0.457 e. The third-order valence-electron chi connectivity index (χ3n) is 4.37. The second kappa shape index (κ2) is 8.11. The number of carbonyl (C=O) groups excluding carboxylic acids is 1. The van der Waals surface area contributed by atoms with Crippen LogP contribution in [0.2, 0.25) is 5.02 Å². The standard InChI is InChI=1S/C23H17ClN2O2/c24-19-8-6-17(7-9-19)21-14-20(22(26-21)18-10-12-25-13-11-18)23(27)28-15-16-4-2-1-3-5-16/h1-14,26H,15H2. The molecule has 4 aromatic rings. The molecule has 0 aliphatic carbocycles. The smallest absolute Gasteiger partial charge is 0.340 e. The van der Waals surface area contributed by atoms with E-state index in [9.17, 15) is 4.79 Å². The molecule has 0 radical (unpaired) electrons. The topological polar surface area (TPSA) is 55.0 Å². The second-order valence-corrected chi connectivity index (χ2v) is 6.71. The first-order valence-corrected chi connectivity index (χ1v) is 9.19. The van der Waals surface area contributed by atoms with E-state index >= 15 is 0 Å². The molecule has 0 fully saturated rings. The zero-order chi connectivity index (χ0) is 19.3. The summed E-state index contributed by atoms with van der Waals surface area (Å²) in [7, 11) is 0. The molecule has 0 atom stereocenters. The number of benzene rings is 2. The van der Waals surface area contributed by atoms with Crippen molar-refractivity contribution in [3.8, 4) is 22.5 Å². The van der Waals surface area contributed by atoms with Crippen LogP contribution in [0.3, 0.4) is 0 Å². The van der Waals surface area contributed by atoms with E-state index in [4.69, 9.17) is 16.3 Å². The van der Waals surface area contributed by atoms with Crippen molar-refractivity contribution in [1.82, 2.24) is 9.97 Å². The van der Waals surface area contributed by atoms with Crippen LogP contribution in [0.25, 0.3) is 22.5 Å². The number of rotatable bonds is 5. The normalized spacial score (nSPS) is 10.6. The minimum Gasteiger partial charge on any atom is -0.457 e. The van der Waals surface area contributed by atoms with E-state index in [1.807, 2.05) is 72.8 Å². The molecule has 0 saturated heterocycles. The van der Waals surface area contributed by atoms with Crippen LogP contribution < -0.4 is 0 Å². The molecule has 2 heterocycles. The Morgan fingerprint density at radius 3 is 2.36 bits per heavy atom. The summed E-state index contributed by atoms with van der Waals surface area (Å²) in [4.78, 5) is 20.2. The Morgan fingerprint density at radius 1 is 0.929 bits per heavy atom. The van der Waals surface area contributed by atoms with Gasteiger partial charge in [-0.05, 0) is 41.5 Å². The maximum atomic E-state index is 12.8. The maximum Gasteiger partial charge on any atom is 0.340 e. The van der Waals surface area contributed by atoms with Crippen molar-refractivity contribution in [3.63, 3.8) is 0 Å². The second-order valence-electron chi connectivity index (χ2n) is 6.28. The van der Waals surface area contributed by atoms with Gasteiger partial charge in [-0.15, -0.1) is 0 Å². The van der Waals surface area contributed by atoms with Crippen molar-refractivity contribution < 1.29 is 9.53 Å². The lowest BCUT2D eigenvalue weighted by Gasteiger charge is -2.06. The fourth-order valence-electron chi connectivity index (χ4n) is 2.95. The van der Waals surface area contributed by atoms with Gasteiger partial charge in [0.25, 0.3) is 0 Å². The van der Waals surface area contributed by atoms with Gasteiger partial charge >= 0.3 is 5.97 Å². The summed E-state index contributed by atoms with van der Waals surface area (Å²) in [5.74, 6) is -0.382. The number of hydrogen-bond donors (Lipinski definition) is 1. The highest BCUT2D eigenvalue weighted by molar-refractivity contribution is 6.30. The number of ether oxygens (including phenoxy) is 1. The predicted octanol–water partition coefficient (Wildman–Crippen LogP) is 5.75. The van der Waals surface area contributed by atoms with Crippen LogP contribution in [0.4, 0.5) is 0 Å². The minimum absolute atomic E-state index is 0.219. The molecule has 0 unspecified atom stereocenters. The highest BCUT2D eigenvalue weighted by Crippen LogP contribution is 2.30. The van der Waals surface area contributed by atoms with Gasteiger partial charge in [-0.25, -0.2) is 4.79 Å². The first-order valence-electron chi connectivity index (χ1n) is 8.81. The van der Waals surface area contributed by atoms with Crippen molar-refractivity contribution in [2.75, 3.05) is 0 Å². The van der Waals surface area contributed by atoms with E-state index in [0.717, 1.165) is 22.4 Å². The van der Waals surface area contributed by atoms with Crippen molar-refractivity contribution >= 4 is 17.6 Å². The molecule has 0 aliphatic rings. The van der Waals surface area contributed by atoms with E-state index in [0.29, 0.717) is 16.3 Å². The van der Waals surface area contributed by atoms with Gasteiger partial charge in [-0.3, -0.25) is 4.98 Å². The predicted molar refractivity (Wildman–Crippen MR) is 110 cm³/mol. The van der Waals surface area contributed by atoms with Crippen LogP contribution >= 0.6 is 11.6 Å². The zero-order valence-corrected chi connectivity index (χ0v) is 15.7. The number of aromatic nitrogens is 2. The van der Waals surface area contributed by atoms with Crippen LogP contribution in [0.5, 0.6) is 0 Å². The monoisotopic (exact) mass is 388 g/mol. The first-order chi connectivity index (χ1) is 13.7. The molecular weight excluding hydrogens is 372 g/mol. The average Bonchev–Trinajstić information content (AvgIpc) is 3.19. The molecule has 138 valence electrons. The van der Waals surface area contributed by atoms with E-state index in [1.54, 1.807) is 12.4 Å². The molecular formula is C23H17ClN2O2. The van der Waals surface area contributed by atoms with E-state index in [-0.39, 0.29) is 12.6 Å². The number of carbonyl (C=O) groups is 1. The van der Waals surface area contributed by atoms with Crippen molar-refractivity contribution in [1.29, 1.82) is 0 Å². The Balaban J connectivity index is 1.68.